The predicted octanol–water partition coefficient (Wildman–Crippen LogP) is 1.76. The smallest absolute Gasteiger partial charge is 0.186 e. The maximum Gasteiger partial charge on any atom is 0.186 e. The molecule has 9 N–H and O–H groups in total. The summed E-state index contributed by atoms with van der Waals surface area (Å²) >= 11 is 0. The largest absolute Gasteiger partial charge is 0.396 e. The molecule has 0 aromatic rings. The van der Waals surface area contributed by atoms with E-state index in [1.165, 1.54) is 5.57 Å². The highest BCUT2D eigenvalue weighted by Crippen LogP contribution is 2.76. The van der Waals surface area contributed by atoms with Crippen LogP contribution in [0.2, 0.25) is 0 Å². The third-order valence-corrected chi connectivity index (χ3v) is 17.4. The maximum absolute atomic E-state index is 11.4. The first-order chi connectivity index (χ1) is 25.7. The number of hydrogen-bond donors (Lipinski definition) is 9. The lowest BCUT2D eigenvalue weighted by Crippen LogP contribution is -2.68. The molecule has 2 heterocycles. The Morgan fingerprint density at radius 1 is 0.636 bits per heavy atom. The number of allylic oxidation sites excluding steroid dienone is 2. The van der Waals surface area contributed by atoms with Gasteiger partial charge in [0.2, 0.25) is 0 Å². The van der Waals surface area contributed by atoms with Crippen LogP contribution < -0.4 is 0 Å². The Bertz CT molecular complexity index is 1440. The van der Waals surface area contributed by atoms with E-state index in [2.05, 4.69) is 54.5 Å². The van der Waals surface area contributed by atoms with Crippen molar-refractivity contribution >= 4 is 0 Å². The molecule has 7 aliphatic rings. The van der Waals surface area contributed by atoms with Crippen LogP contribution >= 0.6 is 0 Å². The van der Waals surface area contributed by atoms with Crippen molar-refractivity contribution in [2.75, 3.05) is 19.8 Å². The second-order valence-electron chi connectivity index (χ2n) is 20.8. The highest BCUT2D eigenvalue weighted by Gasteiger charge is 2.71. The second-order valence-corrected chi connectivity index (χ2v) is 20.8. The zero-order valence-electron chi connectivity index (χ0n) is 33.9. The maximum atomic E-state index is 11.4. The van der Waals surface area contributed by atoms with E-state index < -0.39 is 86.1 Å². The summed E-state index contributed by atoms with van der Waals surface area (Å²) in [5.74, 6) is 0.540. The van der Waals surface area contributed by atoms with E-state index in [0.717, 1.165) is 44.9 Å². The molecule has 13 nitrogen and oxygen atoms in total. The average molecular weight is 783 g/mol. The molecule has 2 saturated heterocycles. The van der Waals surface area contributed by atoms with E-state index in [1.54, 1.807) is 0 Å². The lowest BCUT2D eigenvalue weighted by molar-refractivity contribution is -0.336. The summed E-state index contributed by atoms with van der Waals surface area (Å²) < 4.78 is 25.1. The molecule has 55 heavy (non-hydrogen) atoms. The molecule has 4 saturated carbocycles. The standard InChI is InChI=1S/C42H70O13/c1-37(2)14-15-42(20-45)22(16-37)21-8-9-26-39(5)12-11-27(54-35-33(50)31(48)29(46)23(18-43)52-35)38(3,4)25(39)10-13-40(26,6)41(21,7)17-28(42)55-36-34(51)32(49)30(47)24(19-44)53-36/h8,22-36,43-51H,9-20H2,1-7H3. The fraction of sp³-hybridized carbons (Fsp3) is 0.952. The minimum atomic E-state index is -1.56. The lowest BCUT2D eigenvalue weighted by Gasteiger charge is -2.72. The molecular formula is C42H70O13. The summed E-state index contributed by atoms with van der Waals surface area (Å²) in [6.45, 7) is 15.1. The van der Waals surface area contributed by atoms with Crippen molar-refractivity contribution in [2.24, 2.45) is 50.2 Å². The van der Waals surface area contributed by atoms with E-state index in [0.29, 0.717) is 12.8 Å². The van der Waals surface area contributed by atoms with Crippen LogP contribution in [-0.4, -0.2) is 139 Å². The molecule has 316 valence electrons. The third kappa shape index (κ3) is 6.27. The van der Waals surface area contributed by atoms with Gasteiger partial charge in [0, 0.05) is 5.41 Å². The molecule has 13 heteroatoms. The average Bonchev–Trinajstić information content (AvgIpc) is 3.13. The van der Waals surface area contributed by atoms with Crippen molar-refractivity contribution < 1.29 is 64.9 Å². The highest BCUT2D eigenvalue weighted by molar-refractivity contribution is 5.35. The Balaban J connectivity index is 1.21. The Kier molecular flexibility index (Phi) is 11.1. The van der Waals surface area contributed by atoms with Crippen LogP contribution in [0.4, 0.5) is 0 Å². The van der Waals surface area contributed by atoms with Crippen LogP contribution in [0.5, 0.6) is 0 Å². The van der Waals surface area contributed by atoms with Crippen molar-refractivity contribution in [1.82, 2.24) is 0 Å². The molecule has 0 spiro atoms. The first-order valence-corrected chi connectivity index (χ1v) is 20.9. The number of rotatable bonds is 7. The van der Waals surface area contributed by atoms with Gasteiger partial charge in [-0.15, -0.1) is 0 Å². The van der Waals surface area contributed by atoms with Gasteiger partial charge in [0.15, 0.2) is 12.6 Å². The molecular weight excluding hydrogens is 712 g/mol. The first-order valence-electron chi connectivity index (χ1n) is 20.9. The van der Waals surface area contributed by atoms with Crippen LogP contribution in [-0.2, 0) is 18.9 Å². The van der Waals surface area contributed by atoms with E-state index in [-0.39, 0.29) is 57.5 Å². The molecule has 0 bridgehead atoms. The molecule has 6 fully saturated rings. The number of hydrogen-bond acceptors (Lipinski definition) is 13. The molecule has 0 radical (unpaired) electrons. The SMILES string of the molecule is CC1(C)CCC2(CO)C(OC3OC(CO)C(O)C(O)C3O)CC3(C)C(=CCC4C5(C)CCC(OC6OC(CO)C(O)C(O)C6O)C(C)(C)C5CCC43C)C2C1. The quantitative estimate of drug-likeness (QED) is 0.133. The Morgan fingerprint density at radius 2 is 1.20 bits per heavy atom. The van der Waals surface area contributed by atoms with Crippen LogP contribution in [0.15, 0.2) is 11.6 Å². The number of aliphatic hydroxyl groups excluding tert-OH is 9. The van der Waals surface area contributed by atoms with Gasteiger partial charge < -0.3 is 64.9 Å². The fourth-order valence-corrected chi connectivity index (χ4v) is 13.8. The summed E-state index contributed by atoms with van der Waals surface area (Å²) in [6.07, 6.45) is -4.61. The molecule has 19 atom stereocenters. The normalized spacial score (nSPS) is 54.6. The van der Waals surface area contributed by atoms with E-state index in [1.807, 2.05) is 0 Å². The number of aliphatic hydroxyl groups is 9. The fourth-order valence-electron chi connectivity index (χ4n) is 13.8. The van der Waals surface area contributed by atoms with Crippen LogP contribution in [0, 0.1) is 50.2 Å². The van der Waals surface area contributed by atoms with Crippen LogP contribution in [0.3, 0.4) is 0 Å². The van der Waals surface area contributed by atoms with Gasteiger partial charge in [-0.1, -0.05) is 60.1 Å². The Morgan fingerprint density at radius 3 is 1.75 bits per heavy atom. The molecule has 0 amide bonds. The topological polar surface area (TPSA) is 219 Å². The molecule has 0 aromatic heterocycles. The van der Waals surface area contributed by atoms with Gasteiger partial charge in [-0.3, -0.25) is 0 Å². The van der Waals surface area contributed by atoms with Gasteiger partial charge in [-0.2, -0.15) is 0 Å². The molecule has 0 aromatic carbocycles. The Labute approximate surface area is 326 Å². The minimum Gasteiger partial charge on any atom is -0.396 e. The summed E-state index contributed by atoms with van der Waals surface area (Å²) in [5.41, 5.74) is -0.202. The predicted molar refractivity (Wildman–Crippen MR) is 199 cm³/mol. The first kappa shape index (κ1) is 42.3. The summed E-state index contributed by atoms with van der Waals surface area (Å²) in [6, 6.07) is 0. The van der Waals surface area contributed by atoms with E-state index in [4.69, 9.17) is 18.9 Å². The summed E-state index contributed by atoms with van der Waals surface area (Å²) in [5, 5.41) is 95.3. The second kappa shape index (κ2) is 14.4. The molecule has 19 unspecified atom stereocenters. The molecule has 2 aliphatic heterocycles. The van der Waals surface area contributed by atoms with E-state index in [9.17, 15) is 46.0 Å². The van der Waals surface area contributed by atoms with Gasteiger partial charge in [0.1, 0.15) is 48.8 Å². The van der Waals surface area contributed by atoms with Crippen LogP contribution in [0.25, 0.3) is 0 Å². The highest BCUT2D eigenvalue weighted by atomic mass is 16.7. The van der Waals surface area contributed by atoms with Gasteiger partial charge in [0.05, 0.1) is 32.0 Å². The Hall–Kier alpha value is -0.780. The number of ether oxygens (including phenoxy) is 4. The van der Waals surface area contributed by atoms with Crippen molar-refractivity contribution in [3.8, 4) is 0 Å². The third-order valence-electron chi connectivity index (χ3n) is 17.4. The van der Waals surface area contributed by atoms with Gasteiger partial charge in [-0.25, -0.2) is 0 Å². The lowest BCUT2D eigenvalue weighted by atomic mass is 9.33. The molecule has 5 aliphatic carbocycles. The number of fused-ring (bicyclic) bond motifs is 7. The zero-order valence-corrected chi connectivity index (χ0v) is 33.9. The van der Waals surface area contributed by atoms with Crippen LogP contribution in [0.1, 0.15) is 106 Å². The van der Waals surface area contributed by atoms with Gasteiger partial charge in [0.25, 0.3) is 0 Å². The van der Waals surface area contributed by atoms with E-state index >= 15 is 0 Å². The van der Waals surface area contributed by atoms with Gasteiger partial charge in [-0.05, 0) is 103 Å². The van der Waals surface area contributed by atoms with Crippen molar-refractivity contribution in [3.05, 3.63) is 11.6 Å². The van der Waals surface area contributed by atoms with Crippen molar-refractivity contribution in [1.29, 1.82) is 0 Å². The zero-order chi connectivity index (χ0) is 40.3. The minimum absolute atomic E-state index is 0.0114. The summed E-state index contributed by atoms with van der Waals surface area (Å²) in [7, 11) is 0. The monoisotopic (exact) mass is 782 g/mol. The summed E-state index contributed by atoms with van der Waals surface area (Å²) in [4.78, 5) is 0. The van der Waals surface area contributed by atoms with Gasteiger partial charge >= 0.3 is 0 Å². The van der Waals surface area contributed by atoms with Crippen molar-refractivity contribution in [3.63, 3.8) is 0 Å². The van der Waals surface area contributed by atoms with Crippen molar-refractivity contribution in [2.45, 2.75) is 180 Å². The molecule has 7 rings (SSSR count).